The van der Waals surface area contributed by atoms with Gasteiger partial charge in [0.1, 0.15) is 17.2 Å². The van der Waals surface area contributed by atoms with Gasteiger partial charge in [0.15, 0.2) is 0 Å². The molecule has 0 aliphatic rings. The third-order valence-corrected chi connectivity index (χ3v) is 6.26. The van der Waals surface area contributed by atoms with Gasteiger partial charge in [-0.15, -0.1) is 0 Å². The first-order valence-corrected chi connectivity index (χ1v) is 14.7. The number of aryl methyl sites for hydroxylation is 4. The zero-order chi connectivity index (χ0) is 33.2. The first-order valence-electron chi connectivity index (χ1n) is 14.7. The summed E-state index contributed by atoms with van der Waals surface area (Å²) in [6, 6.07) is 13.6. The zero-order valence-corrected chi connectivity index (χ0v) is 28.1. The number of benzene rings is 3. The van der Waals surface area contributed by atoms with Crippen LogP contribution in [-0.2, 0) is 52.1 Å². The van der Waals surface area contributed by atoms with Gasteiger partial charge in [-0.05, 0) is 86.1 Å². The predicted octanol–water partition coefficient (Wildman–Crippen LogP) is 5.15. The van der Waals surface area contributed by atoms with Crippen LogP contribution in [0, 0.1) is 0 Å². The van der Waals surface area contributed by atoms with E-state index >= 15 is 0 Å². The van der Waals surface area contributed by atoms with Crippen molar-refractivity contribution in [3.05, 3.63) is 75.8 Å². The number of aliphatic carboxylic acids is 2. The first kappa shape index (κ1) is 40.8. The minimum absolute atomic E-state index is 0. The molecule has 0 fully saturated rings. The van der Waals surface area contributed by atoms with Crippen LogP contribution in [0.1, 0.15) is 87.8 Å². The molecule has 10 heteroatoms. The summed E-state index contributed by atoms with van der Waals surface area (Å²) in [5.74, 6) is -0.969. The molecule has 0 amide bonds. The summed E-state index contributed by atoms with van der Waals surface area (Å²) in [6.45, 7) is 10.3. The summed E-state index contributed by atoms with van der Waals surface area (Å²) in [5.41, 5.74) is 6.86. The van der Waals surface area contributed by atoms with Gasteiger partial charge in [-0.1, -0.05) is 52.7 Å². The van der Waals surface area contributed by atoms with E-state index in [1.165, 1.54) is 11.1 Å². The second-order valence-corrected chi connectivity index (χ2v) is 9.95. The zero-order valence-electron chi connectivity index (χ0n) is 27.1. The quantitative estimate of drug-likeness (QED) is 0.269. The number of hydrogen-bond donors (Lipinski definition) is 2. The van der Waals surface area contributed by atoms with E-state index in [9.17, 15) is 10.2 Å². The van der Waals surface area contributed by atoms with Crippen LogP contribution in [0.3, 0.4) is 0 Å². The molecule has 0 atom stereocenters. The van der Waals surface area contributed by atoms with Crippen LogP contribution in [0.15, 0.2) is 52.4 Å². The second kappa shape index (κ2) is 21.5. The Kier molecular flexibility index (Phi) is 19.5. The summed E-state index contributed by atoms with van der Waals surface area (Å²) in [7, 11) is 1.61. The number of aliphatic imine (C=N–C) groups is 2. The molecule has 0 saturated carbocycles. The molecule has 0 spiro atoms. The first-order chi connectivity index (χ1) is 20.9. The van der Waals surface area contributed by atoms with Gasteiger partial charge in [0.25, 0.3) is 0 Å². The third-order valence-electron chi connectivity index (χ3n) is 6.26. The molecule has 0 aromatic heterocycles. The van der Waals surface area contributed by atoms with Gasteiger partial charge in [-0.2, -0.15) is 0 Å². The average molecular weight is 664 g/mol. The summed E-state index contributed by atoms with van der Waals surface area (Å²) in [5, 5.41) is 39.3. The number of carbonyl (C=O) groups is 2. The SMILES string of the molecule is CC(=O)[O-].CC(=O)[O-].CCCc1cc(C=Nc2ccc(OC)cc2N=Cc2cc(CCC)cc(CC)c2O)c(O)c(CC)c1.[Co+2]. The molecular weight excluding hydrogens is 619 g/mol. The fourth-order valence-electron chi connectivity index (χ4n) is 4.30. The normalized spacial score (nSPS) is 10.4. The van der Waals surface area contributed by atoms with Crippen molar-refractivity contribution in [3.63, 3.8) is 0 Å². The maximum atomic E-state index is 10.8. The average Bonchev–Trinajstić information content (AvgIpc) is 2.97. The Balaban J connectivity index is 0.00000192. The van der Waals surface area contributed by atoms with Gasteiger partial charge in [0.2, 0.25) is 0 Å². The number of phenolic OH excluding ortho intramolecular Hbond substituents is 2. The van der Waals surface area contributed by atoms with Gasteiger partial charge in [-0.25, -0.2) is 0 Å². The molecule has 0 heterocycles. The molecule has 1 radical (unpaired) electrons. The van der Waals surface area contributed by atoms with Crippen LogP contribution in [0.25, 0.3) is 0 Å². The van der Waals surface area contributed by atoms with Crippen LogP contribution in [-0.4, -0.2) is 41.7 Å². The van der Waals surface area contributed by atoms with E-state index in [0.717, 1.165) is 63.5 Å². The summed E-state index contributed by atoms with van der Waals surface area (Å²) in [4.78, 5) is 27.2. The Morgan fingerprint density at radius 2 is 1.13 bits per heavy atom. The van der Waals surface area contributed by atoms with E-state index in [1.807, 2.05) is 44.2 Å². The molecule has 3 aromatic carbocycles. The Bertz CT molecular complexity index is 1430. The molecule has 0 aliphatic carbocycles. The molecule has 0 saturated heterocycles. The van der Waals surface area contributed by atoms with Crippen molar-refractivity contribution in [2.24, 2.45) is 9.98 Å². The van der Waals surface area contributed by atoms with Crippen LogP contribution in [0.4, 0.5) is 11.4 Å². The van der Waals surface area contributed by atoms with Crippen molar-refractivity contribution in [1.82, 2.24) is 0 Å². The summed E-state index contributed by atoms with van der Waals surface area (Å²) in [6.07, 6.45) is 8.86. The number of carboxylic acids is 2. The summed E-state index contributed by atoms with van der Waals surface area (Å²) >= 11 is 0. The largest absolute Gasteiger partial charge is 2.00 e. The Labute approximate surface area is 276 Å². The Morgan fingerprint density at radius 1 is 0.733 bits per heavy atom. The van der Waals surface area contributed by atoms with Gasteiger partial charge in [0, 0.05) is 41.6 Å². The molecule has 3 aromatic rings. The molecule has 0 bridgehead atoms. The van der Waals surface area contributed by atoms with Gasteiger partial charge < -0.3 is 34.8 Å². The maximum absolute atomic E-state index is 10.8. The minimum atomic E-state index is -1.08. The molecule has 3 rings (SSSR count). The number of carbonyl (C=O) groups excluding carboxylic acids is 2. The number of carboxylic acid groups (broad SMARTS) is 2. The van der Waals surface area contributed by atoms with Crippen LogP contribution >= 0.6 is 0 Å². The van der Waals surface area contributed by atoms with Crippen LogP contribution < -0.4 is 14.9 Å². The fourth-order valence-corrected chi connectivity index (χ4v) is 4.30. The third kappa shape index (κ3) is 14.5. The van der Waals surface area contributed by atoms with E-state index in [1.54, 1.807) is 19.5 Å². The van der Waals surface area contributed by atoms with E-state index in [2.05, 4.69) is 31.0 Å². The molecule has 9 nitrogen and oxygen atoms in total. The number of phenols is 2. The molecule has 0 unspecified atom stereocenters. The molecule has 245 valence electrons. The topological polar surface area (TPSA) is 155 Å². The molecule has 0 aliphatic heterocycles. The van der Waals surface area contributed by atoms with Crippen molar-refractivity contribution in [2.75, 3.05) is 7.11 Å². The fraction of sp³-hybridized carbons (Fsp3) is 0.371. The monoisotopic (exact) mass is 663 g/mol. The summed E-state index contributed by atoms with van der Waals surface area (Å²) < 4.78 is 5.41. The van der Waals surface area contributed by atoms with E-state index in [0.29, 0.717) is 28.3 Å². The van der Waals surface area contributed by atoms with Crippen molar-refractivity contribution in [3.8, 4) is 17.2 Å². The van der Waals surface area contributed by atoms with Crippen molar-refractivity contribution < 1.29 is 51.5 Å². The number of nitrogens with zero attached hydrogens (tertiary/aromatic N) is 2. The number of methoxy groups -OCH3 is 1. The van der Waals surface area contributed by atoms with Crippen LogP contribution in [0.5, 0.6) is 17.2 Å². The van der Waals surface area contributed by atoms with Gasteiger partial charge in [0.05, 0.1) is 18.5 Å². The standard InChI is InChI=1S/C31H38N2O3.2C2H4O2.Co/c1-6-10-21-14-23(8-3)30(34)25(16-21)19-32-28-13-12-27(36-5)18-29(28)33-20-26-17-22(11-7-2)15-24(9-4)31(26)35;2*1-2(3)4;/h12-20,34-35H,6-11H2,1-5H3;2*1H3,(H,3,4);/q;;;+2/p-2. The minimum Gasteiger partial charge on any atom is -0.550 e. The number of ether oxygens (including phenoxy) is 1. The van der Waals surface area contributed by atoms with Gasteiger partial charge in [-0.3, -0.25) is 9.98 Å². The molecule has 2 N–H and O–H groups in total. The smallest absolute Gasteiger partial charge is 0.550 e. The predicted molar refractivity (Wildman–Crippen MR) is 172 cm³/mol. The van der Waals surface area contributed by atoms with E-state index < -0.39 is 11.9 Å². The second-order valence-electron chi connectivity index (χ2n) is 9.95. The Morgan fingerprint density at radius 3 is 1.49 bits per heavy atom. The van der Waals surface area contributed by atoms with E-state index in [4.69, 9.17) is 29.5 Å². The van der Waals surface area contributed by atoms with Crippen molar-refractivity contribution in [2.45, 2.75) is 80.1 Å². The van der Waals surface area contributed by atoms with Crippen molar-refractivity contribution >= 4 is 35.7 Å². The molecular formula is C35H44CoN2O7. The van der Waals surface area contributed by atoms with Crippen molar-refractivity contribution in [1.29, 1.82) is 0 Å². The number of rotatable bonds is 11. The number of aromatic hydroxyl groups is 2. The Hall–Kier alpha value is -4.15. The maximum Gasteiger partial charge on any atom is 2.00 e. The van der Waals surface area contributed by atoms with Crippen LogP contribution in [0.2, 0.25) is 0 Å². The van der Waals surface area contributed by atoms with E-state index in [-0.39, 0.29) is 28.3 Å². The molecule has 45 heavy (non-hydrogen) atoms. The van der Waals surface area contributed by atoms with Gasteiger partial charge >= 0.3 is 16.8 Å². The number of hydrogen-bond acceptors (Lipinski definition) is 9.